The second kappa shape index (κ2) is 10.3. The molecule has 10 heteroatoms. The molecule has 31 heavy (non-hydrogen) atoms. The van der Waals surface area contributed by atoms with Crippen molar-refractivity contribution >= 4 is 52.6 Å². The summed E-state index contributed by atoms with van der Waals surface area (Å²) >= 11 is 17.8. The zero-order valence-electron chi connectivity index (χ0n) is 15.7. The van der Waals surface area contributed by atoms with E-state index in [2.05, 4.69) is 10.5 Å². The summed E-state index contributed by atoms with van der Waals surface area (Å²) in [6.07, 6.45) is 1.28. The van der Waals surface area contributed by atoms with Gasteiger partial charge in [0.15, 0.2) is 0 Å². The normalized spacial score (nSPS) is 10.8. The fourth-order valence-corrected chi connectivity index (χ4v) is 3.20. The van der Waals surface area contributed by atoms with Gasteiger partial charge in [0, 0.05) is 27.2 Å². The first-order valence-electron chi connectivity index (χ1n) is 8.78. The lowest BCUT2D eigenvalue weighted by Gasteiger charge is -2.11. The minimum atomic E-state index is -0.598. The van der Waals surface area contributed by atoms with Gasteiger partial charge < -0.3 is 4.74 Å². The number of halogens is 3. The highest BCUT2D eigenvalue weighted by molar-refractivity contribution is 6.35. The third-order valence-corrected chi connectivity index (χ3v) is 4.98. The van der Waals surface area contributed by atoms with Crippen LogP contribution in [-0.2, 0) is 6.61 Å². The zero-order valence-corrected chi connectivity index (χ0v) is 18.0. The lowest BCUT2D eigenvalue weighted by atomic mass is 10.2. The molecular weight excluding hydrogens is 465 g/mol. The molecule has 1 amide bonds. The van der Waals surface area contributed by atoms with Gasteiger partial charge in [-0.3, -0.25) is 14.9 Å². The monoisotopic (exact) mass is 477 g/mol. The number of hydrazone groups is 1. The summed E-state index contributed by atoms with van der Waals surface area (Å²) < 4.78 is 5.76. The van der Waals surface area contributed by atoms with E-state index in [4.69, 9.17) is 39.5 Å². The van der Waals surface area contributed by atoms with Crippen molar-refractivity contribution < 1.29 is 14.5 Å². The standard InChI is InChI=1S/C21H14Cl3N3O4/c22-15-7-6-14(18(24)10-15)12-31-20-4-2-1-3-16(20)21(28)26-25-11-13-5-8-17(23)19(9-13)27(29)30/h1-11H,12H2,(H,26,28)/b25-11+. The maximum Gasteiger partial charge on any atom is 0.288 e. The van der Waals surface area contributed by atoms with Gasteiger partial charge in [-0.2, -0.15) is 5.10 Å². The number of rotatable bonds is 7. The van der Waals surface area contributed by atoms with Gasteiger partial charge in [0.05, 0.1) is 16.7 Å². The molecule has 0 atom stereocenters. The average molecular weight is 479 g/mol. The molecular formula is C21H14Cl3N3O4. The van der Waals surface area contributed by atoms with Crippen molar-refractivity contribution in [2.45, 2.75) is 6.61 Å². The minimum Gasteiger partial charge on any atom is -0.488 e. The highest BCUT2D eigenvalue weighted by Gasteiger charge is 2.14. The molecule has 0 saturated carbocycles. The molecule has 0 spiro atoms. The van der Waals surface area contributed by atoms with Crippen molar-refractivity contribution in [3.8, 4) is 5.75 Å². The molecule has 0 unspecified atom stereocenters. The number of nitrogens with one attached hydrogen (secondary N) is 1. The summed E-state index contributed by atoms with van der Waals surface area (Å²) in [5.74, 6) is -0.180. The Morgan fingerprint density at radius 1 is 1.06 bits per heavy atom. The molecule has 0 heterocycles. The second-order valence-electron chi connectivity index (χ2n) is 6.19. The Hall–Kier alpha value is -3.13. The number of para-hydroxylation sites is 1. The quantitative estimate of drug-likeness (QED) is 0.260. The molecule has 158 valence electrons. The van der Waals surface area contributed by atoms with Gasteiger partial charge in [-0.15, -0.1) is 0 Å². The second-order valence-corrected chi connectivity index (χ2v) is 7.44. The number of carbonyl (C=O) groups is 1. The Morgan fingerprint density at radius 3 is 2.58 bits per heavy atom. The Labute approximate surface area is 192 Å². The van der Waals surface area contributed by atoms with Crippen molar-refractivity contribution in [2.24, 2.45) is 5.10 Å². The number of nitro benzene ring substituents is 1. The number of hydrogen-bond donors (Lipinski definition) is 1. The number of hydrogen-bond acceptors (Lipinski definition) is 5. The third kappa shape index (κ3) is 5.95. The summed E-state index contributed by atoms with van der Waals surface area (Å²) in [4.78, 5) is 22.9. The van der Waals surface area contributed by atoms with Gasteiger partial charge in [-0.1, -0.05) is 59.1 Å². The van der Waals surface area contributed by atoms with Gasteiger partial charge in [-0.05, 0) is 30.3 Å². The number of benzene rings is 3. The molecule has 0 aliphatic carbocycles. The molecule has 7 nitrogen and oxygen atoms in total. The number of nitro groups is 1. The SMILES string of the molecule is O=C(N/N=C/c1ccc(Cl)c([N+](=O)[O-])c1)c1ccccc1OCc1ccc(Cl)cc1Cl. The molecule has 3 rings (SSSR count). The van der Waals surface area contributed by atoms with Gasteiger partial charge >= 0.3 is 0 Å². The van der Waals surface area contributed by atoms with E-state index in [0.717, 1.165) is 0 Å². The Balaban J connectivity index is 1.69. The molecule has 0 bridgehead atoms. The Morgan fingerprint density at radius 2 is 1.84 bits per heavy atom. The maximum atomic E-state index is 12.5. The molecule has 1 N–H and O–H groups in total. The van der Waals surface area contributed by atoms with Crippen LogP contribution in [0.25, 0.3) is 0 Å². The summed E-state index contributed by atoms with van der Waals surface area (Å²) in [5, 5.41) is 15.8. The first-order chi connectivity index (χ1) is 14.8. The van der Waals surface area contributed by atoms with Gasteiger partial charge in [0.1, 0.15) is 17.4 Å². The van der Waals surface area contributed by atoms with E-state index >= 15 is 0 Å². The van der Waals surface area contributed by atoms with Crippen LogP contribution in [0.2, 0.25) is 15.1 Å². The van der Waals surface area contributed by atoms with Crippen LogP contribution in [0, 0.1) is 10.1 Å². The van der Waals surface area contributed by atoms with Crippen molar-refractivity contribution in [1.29, 1.82) is 0 Å². The van der Waals surface area contributed by atoms with Gasteiger partial charge in [-0.25, -0.2) is 5.43 Å². The van der Waals surface area contributed by atoms with Crippen LogP contribution in [0.15, 0.2) is 65.8 Å². The van der Waals surface area contributed by atoms with E-state index in [-0.39, 0.29) is 22.9 Å². The van der Waals surface area contributed by atoms with Gasteiger partial charge in [0.25, 0.3) is 11.6 Å². The van der Waals surface area contributed by atoms with Crippen LogP contribution in [0.5, 0.6) is 5.75 Å². The largest absolute Gasteiger partial charge is 0.488 e. The lowest BCUT2D eigenvalue weighted by Crippen LogP contribution is -2.18. The fourth-order valence-electron chi connectivity index (χ4n) is 2.55. The molecule has 0 aromatic heterocycles. The molecule has 0 saturated heterocycles. The van der Waals surface area contributed by atoms with E-state index in [1.807, 2.05) is 0 Å². The molecule has 0 aliphatic rings. The fraction of sp³-hybridized carbons (Fsp3) is 0.0476. The number of amides is 1. The van der Waals surface area contributed by atoms with E-state index in [0.29, 0.717) is 26.9 Å². The molecule has 0 aliphatic heterocycles. The van der Waals surface area contributed by atoms with Crippen molar-refractivity contribution in [3.63, 3.8) is 0 Å². The summed E-state index contributed by atoms with van der Waals surface area (Å²) in [7, 11) is 0. The molecule has 3 aromatic carbocycles. The van der Waals surface area contributed by atoms with Crippen molar-refractivity contribution in [2.75, 3.05) is 0 Å². The summed E-state index contributed by atoms with van der Waals surface area (Å²) in [6, 6.07) is 15.9. The summed E-state index contributed by atoms with van der Waals surface area (Å²) in [6.45, 7) is 0.137. The van der Waals surface area contributed by atoms with Crippen LogP contribution < -0.4 is 10.2 Å². The predicted molar refractivity (Wildman–Crippen MR) is 120 cm³/mol. The zero-order chi connectivity index (χ0) is 22.4. The van der Waals surface area contributed by atoms with Crippen molar-refractivity contribution in [1.82, 2.24) is 5.43 Å². The van der Waals surface area contributed by atoms with E-state index in [1.54, 1.807) is 42.5 Å². The Kier molecular flexibility index (Phi) is 7.46. The van der Waals surface area contributed by atoms with Crippen LogP contribution >= 0.6 is 34.8 Å². The first-order valence-corrected chi connectivity index (χ1v) is 9.91. The van der Waals surface area contributed by atoms with Gasteiger partial charge in [0.2, 0.25) is 0 Å². The molecule has 0 radical (unpaired) electrons. The maximum absolute atomic E-state index is 12.5. The highest BCUT2D eigenvalue weighted by atomic mass is 35.5. The average Bonchev–Trinajstić information content (AvgIpc) is 2.74. The minimum absolute atomic E-state index is 0.0121. The van der Waals surface area contributed by atoms with Crippen LogP contribution in [-0.4, -0.2) is 17.0 Å². The van der Waals surface area contributed by atoms with E-state index < -0.39 is 10.8 Å². The predicted octanol–water partition coefficient (Wildman–Crippen LogP) is 5.90. The van der Waals surface area contributed by atoms with Crippen LogP contribution in [0.4, 0.5) is 5.69 Å². The number of ether oxygens (including phenoxy) is 1. The van der Waals surface area contributed by atoms with Crippen LogP contribution in [0.1, 0.15) is 21.5 Å². The molecule has 3 aromatic rings. The van der Waals surface area contributed by atoms with Crippen molar-refractivity contribution in [3.05, 3.63) is 103 Å². The Bertz CT molecular complexity index is 1170. The topological polar surface area (TPSA) is 93.8 Å². The first kappa shape index (κ1) is 22.6. The molecule has 0 fully saturated rings. The summed E-state index contributed by atoms with van der Waals surface area (Å²) in [5.41, 5.74) is 3.49. The highest BCUT2D eigenvalue weighted by Crippen LogP contribution is 2.25. The smallest absolute Gasteiger partial charge is 0.288 e. The number of nitrogens with zero attached hydrogens (tertiary/aromatic N) is 2. The number of carbonyl (C=O) groups excluding carboxylic acids is 1. The third-order valence-electron chi connectivity index (χ3n) is 4.08. The van der Waals surface area contributed by atoms with E-state index in [9.17, 15) is 14.9 Å². The van der Waals surface area contributed by atoms with E-state index in [1.165, 1.54) is 24.4 Å². The lowest BCUT2D eigenvalue weighted by molar-refractivity contribution is -0.384. The van der Waals surface area contributed by atoms with Crippen LogP contribution in [0.3, 0.4) is 0 Å².